The third kappa shape index (κ3) is 8.11. The molecule has 0 unspecified atom stereocenters. The first-order chi connectivity index (χ1) is 19.3. The summed E-state index contributed by atoms with van der Waals surface area (Å²) in [6.45, 7) is 15.3. The SMILES string of the molecule is CC(=C[C@H](C(C)C)N(C)C(=O)[C@@H](NC(=O)[C@H]1CCCCN1C(C)C)C(C)C)C(=O)N1CCC[C@H]1C(=O)OC1CCC1. The summed E-state index contributed by atoms with van der Waals surface area (Å²) in [5.74, 6) is -0.816. The second kappa shape index (κ2) is 14.7. The fourth-order valence-corrected chi connectivity index (χ4v) is 6.27. The molecular weight excluding hydrogens is 520 g/mol. The zero-order chi connectivity index (χ0) is 30.4. The number of nitrogens with one attached hydrogen (secondary N) is 1. The van der Waals surface area contributed by atoms with Gasteiger partial charge >= 0.3 is 5.97 Å². The minimum atomic E-state index is -0.668. The number of hydrogen-bond donors (Lipinski definition) is 1. The molecule has 2 heterocycles. The zero-order valence-electron chi connectivity index (χ0n) is 26.7. The molecule has 0 aromatic rings. The molecule has 9 nitrogen and oxygen atoms in total. The molecular formula is C32H54N4O5. The monoisotopic (exact) mass is 574 g/mol. The van der Waals surface area contributed by atoms with E-state index in [9.17, 15) is 19.2 Å². The van der Waals surface area contributed by atoms with Gasteiger partial charge in [0.25, 0.3) is 0 Å². The number of amides is 3. The molecule has 232 valence electrons. The molecule has 0 aromatic carbocycles. The van der Waals surface area contributed by atoms with Crippen LogP contribution in [0, 0.1) is 11.8 Å². The minimum Gasteiger partial charge on any atom is -0.461 e. The molecule has 1 N–H and O–H groups in total. The van der Waals surface area contributed by atoms with Crippen LogP contribution in [0.3, 0.4) is 0 Å². The van der Waals surface area contributed by atoms with Crippen LogP contribution >= 0.6 is 0 Å². The van der Waals surface area contributed by atoms with Crippen LogP contribution in [0.1, 0.15) is 99.8 Å². The highest BCUT2D eigenvalue weighted by Crippen LogP contribution is 2.27. The highest BCUT2D eigenvalue weighted by atomic mass is 16.5. The Morgan fingerprint density at radius 1 is 0.854 bits per heavy atom. The van der Waals surface area contributed by atoms with Gasteiger partial charge in [-0.25, -0.2) is 4.79 Å². The molecule has 41 heavy (non-hydrogen) atoms. The van der Waals surface area contributed by atoms with Gasteiger partial charge in [-0.1, -0.05) is 40.2 Å². The molecule has 3 amide bonds. The molecule has 3 rings (SSSR count). The summed E-state index contributed by atoms with van der Waals surface area (Å²) in [5, 5.41) is 3.09. The van der Waals surface area contributed by atoms with Gasteiger partial charge < -0.3 is 19.9 Å². The fraction of sp³-hybridized carbons (Fsp3) is 0.812. The predicted molar refractivity (Wildman–Crippen MR) is 160 cm³/mol. The van der Waals surface area contributed by atoms with Crippen molar-refractivity contribution >= 4 is 23.7 Å². The van der Waals surface area contributed by atoms with Crippen molar-refractivity contribution in [3.05, 3.63) is 11.6 Å². The van der Waals surface area contributed by atoms with Gasteiger partial charge in [-0.3, -0.25) is 19.3 Å². The molecule has 1 aliphatic carbocycles. The summed E-state index contributed by atoms with van der Waals surface area (Å²) in [7, 11) is 1.75. The number of rotatable bonds is 11. The third-order valence-electron chi connectivity index (χ3n) is 9.10. The topological polar surface area (TPSA) is 99.3 Å². The van der Waals surface area contributed by atoms with Crippen molar-refractivity contribution in [2.75, 3.05) is 20.1 Å². The zero-order valence-corrected chi connectivity index (χ0v) is 26.7. The summed E-state index contributed by atoms with van der Waals surface area (Å²) >= 11 is 0. The first-order valence-corrected chi connectivity index (χ1v) is 15.9. The third-order valence-corrected chi connectivity index (χ3v) is 9.10. The molecule has 4 atom stereocenters. The maximum absolute atomic E-state index is 13.9. The Labute approximate surface area is 247 Å². The van der Waals surface area contributed by atoms with E-state index in [0.29, 0.717) is 18.5 Å². The Morgan fingerprint density at radius 2 is 1.51 bits per heavy atom. The van der Waals surface area contributed by atoms with Crippen LogP contribution in [0.15, 0.2) is 11.6 Å². The van der Waals surface area contributed by atoms with Crippen LogP contribution in [0.25, 0.3) is 0 Å². The van der Waals surface area contributed by atoms with Crippen LogP contribution in [0.4, 0.5) is 0 Å². The molecule has 1 saturated carbocycles. The average Bonchev–Trinajstić information content (AvgIpc) is 3.40. The molecule has 3 fully saturated rings. The predicted octanol–water partition coefficient (Wildman–Crippen LogP) is 3.91. The Hall–Kier alpha value is -2.42. The van der Waals surface area contributed by atoms with Gasteiger partial charge in [-0.05, 0) is 84.1 Å². The largest absolute Gasteiger partial charge is 0.461 e. The molecule has 9 heteroatoms. The quantitative estimate of drug-likeness (QED) is 0.297. The number of esters is 1. The van der Waals surface area contributed by atoms with Crippen molar-refractivity contribution in [3.63, 3.8) is 0 Å². The molecule has 0 spiro atoms. The Bertz CT molecular complexity index is 973. The Balaban J connectivity index is 1.72. The maximum Gasteiger partial charge on any atom is 0.329 e. The number of likely N-dealkylation sites (N-methyl/N-ethyl adjacent to an activating group) is 1. The van der Waals surface area contributed by atoms with E-state index in [1.54, 1.807) is 23.8 Å². The van der Waals surface area contributed by atoms with Crippen LogP contribution in [0.2, 0.25) is 0 Å². The van der Waals surface area contributed by atoms with Gasteiger partial charge in [0.1, 0.15) is 18.2 Å². The molecule has 0 bridgehead atoms. The molecule has 0 radical (unpaired) electrons. The van der Waals surface area contributed by atoms with Crippen molar-refractivity contribution in [1.29, 1.82) is 0 Å². The van der Waals surface area contributed by atoms with Crippen LogP contribution < -0.4 is 5.32 Å². The van der Waals surface area contributed by atoms with Gasteiger partial charge in [0, 0.05) is 25.2 Å². The van der Waals surface area contributed by atoms with E-state index >= 15 is 0 Å². The van der Waals surface area contributed by atoms with Crippen molar-refractivity contribution in [2.45, 2.75) is 136 Å². The molecule has 0 aromatic heterocycles. The number of carbonyl (C=O) groups is 4. The minimum absolute atomic E-state index is 0.0115. The number of ether oxygens (including phenoxy) is 1. The Kier molecular flexibility index (Phi) is 11.8. The van der Waals surface area contributed by atoms with Crippen molar-refractivity contribution in [1.82, 2.24) is 20.0 Å². The van der Waals surface area contributed by atoms with Crippen molar-refractivity contribution in [2.24, 2.45) is 11.8 Å². The van der Waals surface area contributed by atoms with Gasteiger partial charge in [0.2, 0.25) is 17.7 Å². The second-order valence-corrected chi connectivity index (χ2v) is 13.3. The number of piperidine rings is 1. The lowest BCUT2D eigenvalue weighted by molar-refractivity contribution is -0.160. The first kappa shape index (κ1) is 33.1. The lowest BCUT2D eigenvalue weighted by Crippen LogP contribution is -2.58. The number of nitrogens with zero attached hydrogens (tertiary/aromatic N) is 3. The average molecular weight is 575 g/mol. The normalized spacial score (nSPS) is 23.9. The number of hydrogen-bond acceptors (Lipinski definition) is 6. The number of carbonyl (C=O) groups excluding carboxylic acids is 4. The standard InChI is InChI=1S/C32H54N4O5/c1-20(2)27(19-23(7)30(38)36-18-12-16-26(36)32(40)41-24-13-11-14-24)34(8)31(39)28(21(3)4)33-29(37)25-15-9-10-17-35(25)22(5)6/h19-22,24-28H,9-18H2,1-8H3,(H,33,37)/t25-,26+,27-,28+/m1/s1. The molecule has 2 saturated heterocycles. The maximum atomic E-state index is 13.9. The van der Waals surface area contributed by atoms with Crippen molar-refractivity contribution in [3.8, 4) is 0 Å². The molecule has 3 aliphatic rings. The van der Waals surface area contributed by atoms with E-state index in [4.69, 9.17) is 4.74 Å². The lowest BCUT2D eigenvalue weighted by atomic mass is 9.95. The van der Waals surface area contributed by atoms with Gasteiger partial charge in [-0.2, -0.15) is 0 Å². The summed E-state index contributed by atoms with van der Waals surface area (Å²) < 4.78 is 5.62. The fourth-order valence-electron chi connectivity index (χ4n) is 6.27. The Morgan fingerprint density at radius 3 is 2.07 bits per heavy atom. The van der Waals surface area contributed by atoms with E-state index in [1.165, 1.54) is 0 Å². The smallest absolute Gasteiger partial charge is 0.329 e. The highest BCUT2D eigenvalue weighted by molar-refractivity contribution is 5.96. The number of likely N-dealkylation sites (tertiary alicyclic amines) is 2. The van der Waals surface area contributed by atoms with E-state index in [2.05, 4.69) is 24.1 Å². The summed E-state index contributed by atoms with van der Waals surface area (Å²) in [6.07, 6.45) is 8.97. The van der Waals surface area contributed by atoms with Gasteiger partial charge in [0.15, 0.2) is 0 Å². The van der Waals surface area contributed by atoms with E-state index in [0.717, 1.165) is 51.5 Å². The van der Waals surface area contributed by atoms with Crippen LogP contribution in [-0.4, -0.2) is 94.8 Å². The van der Waals surface area contributed by atoms with E-state index in [1.807, 2.05) is 33.8 Å². The van der Waals surface area contributed by atoms with Gasteiger partial charge in [-0.15, -0.1) is 0 Å². The summed E-state index contributed by atoms with van der Waals surface area (Å²) in [5.41, 5.74) is 0.506. The van der Waals surface area contributed by atoms with Crippen LogP contribution in [-0.2, 0) is 23.9 Å². The van der Waals surface area contributed by atoms with E-state index in [-0.39, 0.29) is 59.8 Å². The van der Waals surface area contributed by atoms with E-state index < -0.39 is 12.1 Å². The first-order valence-electron chi connectivity index (χ1n) is 15.9. The molecule has 2 aliphatic heterocycles. The highest BCUT2D eigenvalue weighted by Gasteiger charge is 2.39. The lowest BCUT2D eigenvalue weighted by Gasteiger charge is -2.39. The summed E-state index contributed by atoms with van der Waals surface area (Å²) in [6, 6.07) is -1.54. The second-order valence-electron chi connectivity index (χ2n) is 13.3. The van der Waals surface area contributed by atoms with Gasteiger partial charge in [0.05, 0.1) is 12.1 Å². The van der Waals surface area contributed by atoms with Crippen LogP contribution in [0.5, 0.6) is 0 Å². The van der Waals surface area contributed by atoms with Crippen molar-refractivity contribution < 1.29 is 23.9 Å². The summed E-state index contributed by atoms with van der Waals surface area (Å²) in [4.78, 5) is 59.1.